The predicted molar refractivity (Wildman–Crippen MR) is 72.2 cm³/mol. The van der Waals surface area contributed by atoms with Crippen LogP contribution >= 0.6 is 0 Å². The first kappa shape index (κ1) is 12.2. The van der Waals surface area contributed by atoms with Crippen LogP contribution in [0.2, 0.25) is 0 Å². The van der Waals surface area contributed by atoms with Gasteiger partial charge in [0.2, 0.25) is 0 Å². The van der Waals surface area contributed by atoms with Crippen LogP contribution in [0, 0.1) is 5.92 Å². The van der Waals surface area contributed by atoms with Crippen LogP contribution in [-0.2, 0) is 22.0 Å². The number of fused-ring (bicyclic) bond motifs is 1. The van der Waals surface area contributed by atoms with Gasteiger partial charge in [0, 0.05) is 24.1 Å². The average molecular weight is 259 g/mol. The lowest BCUT2D eigenvalue weighted by Crippen LogP contribution is -2.53. The summed E-state index contributed by atoms with van der Waals surface area (Å²) < 4.78 is 7.40. The molecule has 1 aliphatic heterocycles. The first-order chi connectivity index (χ1) is 9.06. The van der Waals surface area contributed by atoms with Crippen molar-refractivity contribution in [1.29, 1.82) is 0 Å². The molecule has 1 aromatic heterocycles. The maximum absolute atomic E-state index is 11.4. The summed E-state index contributed by atoms with van der Waals surface area (Å²) >= 11 is 0. The van der Waals surface area contributed by atoms with Crippen molar-refractivity contribution in [3.8, 4) is 0 Å². The van der Waals surface area contributed by atoms with E-state index in [2.05, 4.69) is 16.7 Å². The predicted octanol–water partition coefficient (Wildman–Crippen LogP) is 2.17. The zero-order valence-corrected chi connectivity index (χ0v) is 11.1. The summed E-state index contributed by atoms with van der Waals surface area (Å²) in [6.45, 7) is 2.73. The second kappa shape index (κ2) is 4.10. The number of hydrogen-bond acceptors (Lipinski definition) is 2. The normalized spacial score (nSPS) is 19.1. The first-order valence-electron chi connectivity index (χ1n) is 6.41. The van der Waals surface area contributed by atoms with Gasteiger partial charge < -0.3 is 14.4 Å². The topological polar surface area (TPSA) is 51.5 Å². The first-order valence-corrected chi connectivity index (χ1v) is 6.41. The summed E-state index contributed by atoms with van der Waals surface area (Å²) in [7, 11) is 1.99. The van der Waals surface area contributed by atoms with Gasteiger partial charge in [-0.25, -0.2) is 0 Å². The Labute approximate surface area is 111 Å². The van der Waals surface area contributed by atoms with Gasteiger partial charge in [0.05, 0.1) is 24.5 Å². The fourth-order valence-corrected chi connectivity index (χ4v) is 2.94. The molecule has 0 bridgehead atoms. The smallest absolute Gasteiger partial charge is 0.307 e. The number of carbonyl (C=O) groups is 1. The molecule has 0 amide bonds. The number of nitrogens with zero attached hydrogens (tertiary/aromatic N) is 1. The van der Waals surface area contributed by atoms with Crippen molar-refractivity contribution in [2.75, 3.05) is 13.2 Å². The Hall–Kier alpha value is -1.81. The molecule has 1 N–H and O–H groups in total. The van der Waals surface area contributed by atoms with Crippen molar-refractivity contribution in [1.82, 2.24) is 4.57 Å². The summed E-state index contributed by atoms with van der Waals surface area (Å²) in [5, 5.41) is 10.5. The van der Waals surface area contributed by atoms with Gasteiger partial charge in [-0.15, -0.1) is 0 Å². The van der Waals surface area contributed by atoms with Crippen LogP contribution in [0.5, 0.6) is 0 Å². The minimum atomic E-state index is -0.767. The Morgan fingerprint density at radius 1 is 1.42 bits per heavy atom. The Bertz CT molecular complexity index is 640. The van der Waals surface area contributed by atoms with E-state index in [0.717, 1.165) is 16.5 Å². The Balaban J connectivity index is 2.20. The molecule has 0 radical (unpaired) electrons. The SMILES string of the molecule is CC(C(=O)O)C1(c2cn(C)c3ccccc23)COC1. The quantitative estimate of drug-likeness (QED) is 0.919. The highest BCUT2D eigenvalue weighted by Crippen LogP contribution is 2.43. The number of carboxylic acid groups (broad SMARTS) is 1. The molecule has 2 heterocycles. The minimum Gasteiger partial charge on any atom is -0.481 e. The summed E-state index contributed by atoms with van der Waals surface area (Å²) in [4.78, 5) is 11.4. The highest BCUT2D eigenvalue weighted by atomic mass is 16.5. The van der Waals surface area contributed by atoms with Gasteiger partial charge in [-0.2, -0.15) is 0 Å². The number of hydrogen-bond donors (Lipinski definition) is 1. The Kier molecular flexibility index (Phi) is 2.64. The molecule has 19 heavy (non-hydrogen) atoms. The lowest BCUT2D eigenvalue weighted by Gasteiger charge is -2.44. The molecule has 0 spiro atoms. The highest BCUT2D eigenvalue weighted by Gasteiger charge is 2.49. The van der Waals surface area contributed by atoms with Crippen molar-refractivity contribution in [3.63, 3.8) is 0 Å². The van der Waals surface area contributed by atoms with E-state index in [4.69, 9.17) is 4.74 Å². The molecule has 1 aromatic carbocycles. The zero-order chi connectivity index (χ0) is 13.6. The summed E-state index contributed by atoms with van der Waals surface area (Å²) in [6.07, 6.45) is 2.05. The van der Waals surface area contributed by atoms with Gasteiger partial charge in [0.15, 0.2) is 0 Å². The van der Waals surface area contributed by atoms with Crippen LogP contribution in [0.1, 0.15) is 12.5 Å². The number of aliphatic carboxylic acids is 1. The largest absolute Gasteiger partial charge is 0.481 e. The third-order valence-electron chi connectivity index (χ3n) is 4.35. The van der Waals surface area contributed by atoms with Gasteiger partial charge >= 0.3 is 5.97 Å². The van der Waals surface area contributed by atoms with E-state index in [1.54, 1.807) is 6.92 Å². The number of rotatable bonds is 3. The molecular formula is C15H17NO3. The van der Waals surface area contributed by atoms with Gasteiger partial charge in [-0.1, -0.05) is 25.1 Å². The van der Waals surface area contributed by atoms with Crippen molar-refractivity contribution in [2.45, 2.75) is 12.3 Å². The minimum absolute atomic E-state index is 0.396. The number of benzene rings is 1. The Morgan fingerprint density at radius 3 is 2.68 bits per heavy atom. The van der Waals surface area contributed by atoms with Crippen LogP contribution in [0.15, 0.2) is 30.5 Å². The van der Waals surface area contributed by atoms with Gasteiger partial charge in [-0.3, -0.25) is 4.79 Å². The molecule has 3 rings (SSSR count). The molecule has 2 aromatic rings. The molecule has 4 nitrogen and oxygen atoms in total. The van der Waals surface area contributed by atoms with E-state index in [1.165, 1.54) is 0 Å². The molecular weight excluding hydrogens is 242 g/mol. The van der Waals surface area contributed by atoms with Gasteiger partial charge in [-0.05, 0) is 11.6 Å². The van der Waals surface area contributed by atoms with Crippen LogP contribution < -0.4 is 0 Å². The van der Waals surface area contributed by atoms with Gasteiger partial charge in [0.1, 0.15) is 0 Å². The van der Waals surface area contributed by atoms with E-state index in [0.29, 0.717) is 13.2 Å². The summed E-state index contributed by atoms with van der Waals surface area (Å²) in [5.74, 6) is -1.22. The van der Waals surface area contributed by atoms with Crippen LogP contribution in [-0.4, -0.2) is 28.9 Å². The monoisotopic (exact) mass is 259 g/mol. The second-order valence-corrected chi connectivity index (χ2v) is 5.38. The van der Waals surface area contributed by atoms with Crippen molar-refractivity contribution >= 4 is 16.9 Å². The highest BCUT2D eigenvalue weighted by molar-refractivity contribution is 5.86. The lowest BCUT2D eigenvalue weighted by atomic mass is 9.69. The summed E-state index contributed by atoms with van der Waals surface area (Å²) in [6, 6.07) is 8.10. The van der Waals surface area contributed by atoms with Crippen LogP contribution in [0.3, 0.4) is 0 Å². The van der Waals surface area contributed by atoms with Crippen molar-refractivity contribution in [2.24, 2.45) is 13.0 Å². The number of para-hydroxylation sites is 1. The fraction of sp³-hybridized carbons (Fsp3) is 0.400. The molecule has 1 atom stereocenters. The maximum Gasteiger partial charge on any atom is 0.307 e. The molecule has 0 saturated carbocycles. The van der Waals surface area contributed by atoms with E-state index in [9.17, 15) is 9.90 Å². The molecule has 0 aliphatic carbocycles. The summed E-state index contributed by atoms with van der Waals surface area (Å²) in [5.41, 5.74) is 1.82. The molecule has 1 fully saturated rings. The van der Waals surface area contributed by atoms with Crippen molar-refractivity contribution < 1.29 is 14.6 Å². The standard InChI is InChI=1S/C15H17NO3/c1-10(14(17)18)15(8-19-9-15)12-7-16(2)13-6-4-3-5-11(12)13/h3-7,10H,8-9H2,1-2H3,(H,17,18). The van der Waals surface area contributed by atoms with Crippen molar-refractivity contribution in [3.05, 3.63) is 36.0 Å². The number of ether oxygens (including phenoxy) is 1. The molecule has 100 valence electrons. The third-order valence-corrected chi connectivity index (χ3v) is 4.35. The second-order valence-electron chi connectivity index (χ2n) is 5.38. The van der Waals surface area contributed by atoms with Crippen LogP contribution in [0.25, 0.3) is 10.9 Å². The number of carboxylic acids is 1. The molecule has 1 unspecified atom stereocenters. The van der Waals surface area contributed by atoms with E-state index in [1.807, 2.05) is 25.4 Å². The van der Waals surface area contributed by atoms with E-state index < -0.39 is 17.3 Å². The van der Waals surface area contributed by atoms with E-state index in [-0.39, 0.29) is 0 Å². The maximum atomic E-state index is 11.4. The van der Waals surface area contributed by atoms with E-state index >= 15 is 0 Å². The fourth-order valence-electron chi connectivity index (χ4n) is 2.94. The third kappa shape index (κ3) is 1.60. The van der Waals surface area contributed by atoms with Gasteiger partial charge in [0.25, 0.3) is 0 Å². The number of aromatic nitrogens is 1. The molecule has 4 heteroatoms. The zero-order valence-electron chi connectivity index (χ0n) is 11.1. The Morgan fingerprint density at radius 2 is 2.11 bits per heavy atom. The average Bonchev–Trinajstić information content (AvgIpc) is 2.67. The van der Waals surface area contributed by atoms with Crippen LogP contribution in [0.4, 0.5) is 0 Å². The lowest BCUT2D eigenvalue weighted by molar-refractivity contribution is -0.155. The molecule has 1 aliphatic rings. The number of aryl methyl sites for hydroxylation is 1. The molecule has 1 saturated heterocycles.